The second-order valence-corrected chi connectivity index (χ2v) is 6.34. The minimum atomic E-state index is -0.432. The van der Waals surface area contributed by atoms with Crippen LogP contribution in [0.2, 0.25) is 0 Å². The topological polar surface area (TPSA) is 69.0 Å². The third-order valence-electron chi connectivity index (χ3n) is 4.21. The predicted molar refractivity (Wildman–Crippen MR) is 105 cm³/mol. The highest BCUT2D eigenvalue weighted by atomic mass is 19.1. The van der Waals surface area contributed by atoms with Gasteiger partial charge in [0.05, 0.1) is 0 Å². The molecule has 0 radical (unpaired) electrons. The number of rotatable bonds is 6. The van der Waals surface area contributed by atoms with Crippen molar-refractivity contribution in [1.29, 1.82) is 0 Å². The van der Waals surface area contributed by atoms with E-state index in [1.165, 1.54) is 47.3 Å². The summed E-state index contributed by atoms with van der Waals surface area (Å²) >= 11 is 0. The first kappa shape index (κ1) is 19.3. The molecule has 6 nitrogen and oxygen atoms in total. The maximum atomic E-state index is 13.9. The molecule has 0 atom stereocenters. The highest BCUT2D eigenvalue weighted by Gasteiger charge is 2.12. The summed E-state index contributed by atoms with van der Waals surface area (Å²) in [6.45, 7) is 0.216. The molecule has 0 fully saturated rings. The van der Waals surface area contributed by atoms with Gasteiger partial charge in [0, 0.05) is 25.0 Å². The molecule has 2 heterocycles. The fourth-order valence-corrected chi connectivity index (χ4v) is 2.73. The number of carbonyl (C=O) groups excluding carboxylic acids is 1. The van der Waals surface area contributed by atoms with Crippen LogP contribution in [0.4, 0.5) is 8.78 Å². The molecular weight excluding hydrogens is 390 g/mol. The number of ether oxygens (including phenoxy) is 1. The van der Waals surface area contributed by atoms with Crippen molar-refractivity contribution in [2.45, 2.75) is 6.54 Å². The Morgan fingerprint density at radius 3 is 2.63 bits per heavy atom. The molecule has 4 aromatic rings. The van der Waals surface area contributed by atoms with Gasteiger partial charge in [0.15, 0.2) is 5.69 Å². The average molecular weight is 406 g/mol. The fourth-order valence-electron chi connectivity index (χ4n) is 2.73. The third kappa shape index (κ3) is 4.49. The summed E-state index contributed by atoms with van der Waals surface area (Å²) in [6.07, 6.45) is 3.07. The zero-order valence-electron chi connectivity index (χ0n) is 15.6. The lowest BCUT2D eigenvalue weighted by molar-refractivity contribution is 0.0945. The van der Waals surface area contributed by atoms with E-state index in [9.17, 15) is 13.6 Å². The Balaban J connectivity index is 1.39. The largest absolute Gasteiger partial charge is 0.439 e. The molecule has 0 saturated carbocycles. The highest BCUT2D eigenvalue weighted by molar-refractivity contribution is 5.92. The van der Waals surface area contributed by atoms with Crippen LogP contribution in [0.15, 0.2) is 79.1 Å². The van der Waals surface area contributed by atoms with Gasteiger partial charge in [-0.1, -0.05) is 12.1 Å². The summed E-state index contributed by atoms with van der Waals surface area (Å²) < 4.78 is 33.8. The lowest BCUT2D eigenvalue weighted by Gasteiger charge is -2.07. The first-order valence-corrected chi connectivity index (χ1v) is 9.05. The number of aromatic nitrogens is 3. The van der Waals surface area contributed by atoms with Gasteiger partial charge in [0.2, 0.25) is 5.88 Å². The molecule has 1 N–H and O–H groups in total. The minimum absolute atomic E-state index is 0.162. The van der Waals surface area contributed by atoms with Crippen LogP contribution in [0.3, 0.4) is 0 Å². The molecule has 0 saturated heterocycles. The number of hydrogen-bond acceptors (Lipinski definition) is 4. The summed E-state index contributed by atoms with van der Waals surface area (Å²) in [6, 6.07) is 16.7. The monoisotopic (exact) mass is 406 g/mol. The zero-order valence-corrected chi connectivity index (χ0v) is 15.6. The zero-order chi connectivity index (χ0) is 20.9. The van der Waals surface area contributed by atoms with Crippen molar-refractivity contribution in [2.24, 2.45) is 0 Å². The number of halogens is 2. The molecule has 0 aliphatic heterocycles. The van der Waals surface area contributed by atoms with Crippen LogP contribution in [-0.2, 0) is 6.54 Å². The second kappa shape index (κ2) is 8.52. The van der Waals surface area contributed by atoms with Crippen LogP contribution in [0.1, 0.15) is 16.1 Å². The molecule has 0 spiro atoms. The second-order valence-electron chi connectivity index (χ2n) is 6.34. The Kier molecular flexibility index (Phi) is 5.47. The Labute approximate surface area is 170 Å². The third-order valence-corrected chi connectivity index (χ3v) is 4.21. The highest BCUT2D eigenvalue weighted by Crippen LogP contribution is 2.20. The molecule has 150 valence electrons. The van der Waals surface area contributed by atoms with Crippen LogP contribution in [0.25, 0.3) is 5.69 Å². The molecule has 2 aromatic carbocycles. The van der Waals surface area contributed by atoms with Crippen molar-refractivity contribution in [3.8, 4) is 17.3 Å². The van der Waals surface area contributed by atoms with Gasteiger partial charge in [-0.2, -0.15) is 5.10 Å². The van der Waals surface area contributed by atoms with Crippen LogP contribution >= 0.6 is 0 Å². The smallest absolute Gasteiger partial charge is 0.272 e. The summed E-state index contributed by atoms with van der Waals surface area (Å²) in [5.41, 5.74) is 1.17. The number of pyridine rings is 1. The summed E-state index contributed by atoms with van der Waals surface area (Å²) in [4.78, 5) is 16.5. The molecule has 2 aromatic heterocycles. The van der Waals surface area contributed by atoms with Crippen molar-refractivity contribution in [2.75, 3.05) is 0 Å². The number of amides is 1. The predicted octanol–water partition coefficient (Wildman–Crippen LogP) is 4.27. The van der Waals surface area contributed by atoms with E-state index in [0.29, 0.717) is 11.6 Å². The Bertz CT molecular complexity index is 1180. The lowest BCUT2D eigenvalue weighted by Crippen LogP contribution is -2.23. The van der Waals surface area contributed by atoms with E-state index in [-0.39, 0.29) is 23.7 Å². The van der Waals surface area contributed by atoms with Gasteiger partial charge in [-0.3, -0.25) is 4.79 Å². The van der Waals surface area contributed by atoms with Gasteiger partial charge in [0.1, 0.15) is 23.1 Å². The van der Waals surface area contributed by atoms with Crippen molar-refractivity contribution in [1.82, 2.24) is 20.1 Å². The van der Waals surface area contributed by atoms with Crippen molar-refractivity contribution >= 4 is 5.91 Å². The Morgan fingerprint density at radius 1 is 1.03 bits per heavy atom. The minimum Gasteiger partial charge on any atom is -0.439 e. The standard InChI is InChI=1S/C22H16F2N4O2/c23-16-5-7-17(8-6-16)30-21-13-15(9-11-25-21)14-26-22(29)19-10-12-28(27-19)20-4-2-1-3-18(20)24/h1-13H,14H2,(H,26,29). The molecule has 8 heteroatoms. The van der Waals surface area contributed by atoms with Crippen LogP contribution in [0, 0.1) is 11.6 Å². The van der Waals surface area contributed by atoms with Gasteiger partial charge < -0.3 is 10.1 Å². The van der Waals surface area contributed by atoms with Gasteiger partial charge >= 0.3 is 0 Å². The van der Waals surface area contributed by atoms with Crippen LogP contribution in [0.5, 0.6) is 11.6 Å². The molecule has 30 heavy (non-hydrogen) atoms. The summed E-state index contributed by atoms with van der Waals surface area (Å²) in [5.74, 6) is -0.425. The fraction of sp³-hybridized carbons (Fsp3) is 0.0455. The maximum Gasteiger partial charge on any atom is 0.272 e. The van der Waals surface area contributed by atoms with Crippen LogP contribution in [-0.4, -0.2) is 20.7 Å². The molecule has 0 bridgehead atoms. The first-order chi connectivity index (χ1) is 14.6. The number of nitrogens with zero attached hydrogens (tertiary/aromatic N) is 3. The van der Waals surface area contributed by atoms with E-state index in [1.807, 2.05) is 0 Å². The summed E-state index contributed by atoms with van der Waals surface area (Å²) in [7, 11) is 0. The molecular formula is C22H16F2N4O2. The number of nitrogens with one attached hydrogen (secondary N) is 1. The first-order valence-electron chi connectivity index (χ1n) is 9.05. The van der Waals surface area contributed by atoms with Gasteiger partial charge in [-0.15, -0.1) is 0 Å². The Morgan fingerprint density at radius 2 is 1.83 bits per heavy atom. The Hall–Kier alpha value is -4.07. The van der Waals surface area contributed by atoms with Gasteiger partial charge in [0.25, 0.3) is 5.91 Å². The van der Waals surface area contributed by atoms with E-state index in [0.717, 1.165) is 5.56 Å². The SMILES string of the molecule is O=C(NCc1ccnc(Oc2ccc(F)cc2)c1)c1ccn(-c2ccccc2F)n1. The van der Waals surface area contributed by atoms with Crippen molar-refractivity contribution < 1.29 is 18.3 Å². The average Bonchev–Trinajstić information content (AvgIpc) is 3.24. The van der Waals surface area contributed by atoms with E-state index < -0.39 is 11.7 Å². The number of benzene rings is 2. The van der Waals surface area contributed by atoms with E-state index in [2.05, 4.69) is 15.4 Å². The molecule has 0 aliphatic carbocycles. The van der Waals surface area contributed by atoms with Crippen molar-refractivity contribution in [3.05, 3.63) is 102 Å². The van der Waals surface area contributed by atoms with Crippen molar-refractivity contribution in [3.63, 3.8) is 0 Å². The molecule has 0 unspecified atom stereocenters. The number of para-hydroxylation sites is 1. The lowest BCUT2D eigenvalue weighted by atomic mass is 10.2. The molecule has 0 aliphatic rings. The number of carbonyl (C=O) groups is 1. The van der Waals surface area contributed by atoms with Gasteiger partial charge in [-0.05, 0) is 54.1 Å². The van der Waals surface area contributed by atoms with E-state index in [4.69, 9.17) is 4.74 Å². The number of hydrogen-bond donors (Lipinski definition) is 1. The summed E-state index contributed by atoms with van der Waals surface area (Å²) in [5, 5.41) is 6.88. The quantitative estimate of drug-likeness (QED) is 0.519. The van der Waals surface area contributed by atoms with E-state index in [1.54, 1.807) is 36.5 Å². The van der Waals surface area contributed by atoms with Crippen LogP contribution < -0.4 is 10.1 Å². The normalized spacial score (nSPS) is 10.6. The molecule has 4 rings (SSSR count). The molecule has 1 amide bonds. The maximum absolute atomic E-state index is 13.9. The van der Waals surface area contributed by atoms with Gasteiger partial charge in [-0.25, -0.2) is 18.4 Å². The van der Waals surface area contributed by atoms with E-state index >= 15 is 0 Å².